The van der Waals surface area contributed by atoms with Gasteiger partial charge in [-0.15, -0.1) is 0 Å². The molecule has 1 aliphatic rings. The first-order valence-corrected chi connectivity index (χ1v) is 9.84. The van der Waals surface area contributed by atoms with Gasteiger partial charge in [-0.3, -0.25) is 4.79 Å². The summed E-state index contributed by atoms with van der Waals surface area (Å²) in [6, 6.07) is 11.8. The normalized spacial score (nSPS) is 17.2. The Bertz CT molecular complexity index is 791. The lowest BCUT2D eigenvalue weighted by Gasteiger charge is -2.32. The number of carbonyl (C=O) groups excluding carboxylic acids is 1. The average molecular weight is 380 g/mol. The van der Waals surface area contributed by atoms with Crippen LogP contribution in [0.4, 0.5) is 11.6 Å². The van der Waals surface area contributed by atoms with E-state index < -0.39 is 0 Å². The third-order valence-corrected chi connectivity index (χ3v) is 4.79. The van der Waals surface area contributed by atoms with Gasteiger partial charge in [0.15, 0.2) is 0 Å². The average Bonchev–Trinajstić information content (AvgIpc) is 2.69. The molecule has 148 valence electrons. The van der Waals surface area contributed by atoms with Gasteiger partial charge in [0.2, 0.25) is 5.91 Å². The van der Waals surface area contributed by atoms with E-state index >= 15 is 0 Å². The van der Waals surface area contributed by atoms with E-state index in [0.717, 1.165) is 56.2 Å². The van der Waals surface area contributed by atoms with Gasteiger partial charge in [0, 0.05) is 37.6 Å². The van der Waals surface area contributed by atoms with E-state index in [2.05, 4.69) is 16.4 Å². The van der Waals surface area contributed by atoms with Crippen molar-refractivity contribution < 1.29 is 4.79 Å². The summed E-state index contributed by atoms with van der Waals surface area (Å²) in [5, 5.41) is 3.24. The molecule has 1 amide bonds. The highest BCUT2D eigenvalue weighted by molar-refractivity contribution is 5.87. The minimum Gasteiger partial charge on any atom is -0.339 e. The summed E-state index contributed by atoms with van der Waals surface area (Å²) in [5.74, 6) is 2.14. The Labute approximate surface area is 167 Å². The van der Waals surface area contributed by atoms with Crippen LogP contribution in [0.5, 0.6) is 0 Å². The fourth-order valence-electron chi connectivity index (χ4n) is 3.43. The molecule has 0 saturated carbocycles. The number of carbonyl (C=O) groups is 1. The predicted octanol–water partition coefficient (Wildman–Crippen LogP) is 3.12. The molecule has 0 radical (unpaired) electrons. The molecular formula is C22H29N5O. The Kier molecular flexibility index (Phi) is 7.14. The maximum Gasteiger partial charge on any atom is 0.246 e. The van der Waals surface area contributed by atoms with Gasteiger partial charge >= 0.3 is 0 Å². The van der Waals surface area contributed by atoms with Crippen LogP contribution in [0.3, 0.4) is 0 Å². The number of amides is 1. The Balaban J connectivity index is 1.57. The first kappa shape index (κ1) is 20.0. The van der Waals surface area contributed by atoms with Crippen LogP contribution in [0.15, 0.2) is 54.7 Å². The van der Waals surface area contributed by atoms with Crippen molar-refractivity contribution in [1.29, 1.82) is 0 Å². The number of likely N-dealkylation sites (tertiary alicyclic amines) is 1. The highest BCUT2D eigenvalue weighted by atomic mass is 16.2. The zero-order valence-corrected chi connectivity index (χ0v) is 16.7. The molecule has 6 nitrogen and oxygen atoms in total. The summed E-state index contributed by atoms with van der Waals surface area (Å²) >= 11 is 0. The molecule has 28 heavy (non-hydrogen) atoms. The van der Waals surface area contributed by atoms with Crippen molar-refractivity contribution in [3.63, 3.8) is 0 Å². The van der Waals surface area contributed by atoms with Gasteiger partial charge in [-0.05, 0) is 63.5 Å². The molecule has 0 unspecified atom stereocenters. The number of nitrogens with one attached hydrogen (secondary N) is 1. The van der Waals surface area contributed by atoms with E-state index in [1.165, 1.54) is 0 Å². The topological polar surface area (TPSA) is 61.4 Å². The zero-order chi connectivity index (χ0) is 19.8. The van der Waals surface area contributed by atoms with Gasteiger partial charge in [-0.2, -0.15) is 0 Å². The number of hydrogen-bond acceptors (Lipinski definition) is 5. The van der Waals surface area contributed by atoms with Crippen molar-refractivity contribution in [2.75, 3.05) is 39.0 Å². The smallest absolute Gasteiger partial charge is 0.246 e. The third kappa shape index (κ3) is 6.16. The Hall–Kier alpha value is -2.73. The van der Waals surface area contributed by atoms with E-state index in [1.807, 2.05) is 60.3 Å². The quantitative estimate of drug-likeness (QED) is 0.749. The maximum absolute atomic E-state index is 12.4. The van der Waals surface area contributed by atoms with Gasteiger partial charge in [0.25, 0.3) is 0 Å². The van der Waals surface area contributed by atoms with Gasteiger partial charge in [-0.1, -0.05) is 18.2 Å². The molecule has 1 aliphatic heterocycles. The number of aromatic nitrogens is 2. The minimum atomic E-state index is 0.116. The first-order valence-electron chi connectivity index (χ1n) is 9.84. The number of anilines is 2. The summed E-state index contributed by atoms with van der Waals surface area (Å²) in [6.07, 6.45) is 8.45. The fourth-order valence-corrected chi connectivity index (χ4v) is 3.43. The number of hydrogen-bond donors (Lipinski definition) is 1. The van der Waals surface area contributed by atoms with Crippen LogP contribution in [-0.4, -0.2) is 59.4 Å². The first-order chi connectivity index (χ1) is 13.6. The SMILES string of the molecule is CN(C)C/C=C/C(=O)N1CCC[C@H](Cc2cccc(Nc3ccccn3)n2)C1. The van der Waals surface area contributed by atoms with Gasteiger partial charge < -0.3 is 15.1 Å². The maximum atomic E-state index is 12.4. The second-order valence-electron chi connectivity index (χ2n) is 7.52. The second-order valence-corrected chi connectivity index (χ2v) is 7.52. The standard InChI is InChI=1S/C22H29N5O/c1-26(2)14-7-12-22(28)27-15-6-8-18(17-27)16-19-9-5-11-21(24-19)25-20-10-3-4-13-23-20/h3-5,7,9-13,18H,6,8,14-17H2,1-2H3,(H,23,24,25)/b12-7+/t18-/m1/s1. The van der Waals surface area contributed by atoms with Crippen LogP contribution in [-0.2, 0) is 11.2 Å². The van der Waals surface area contributed by atoms with Crippen LogP contribution in [0.1, 0.15) is 18.5 Å². The summed E-state index contributed by atoms with van der Waals surface area (Å²) in [4.78, 5) is 25.4. The van der Waals surface area contributed by atoms with Crippen LogP contribution < -0.4 is 5.32 Å². The Morgan fingerprint density at radius 2 is 2.11 bits per heavy atom. The van der Waals surface area contributed by atoms with Gasteiger partial charge in [-0.25, -0.2) is 9.97 Å². The van der Waals surface area contributed by atoms with Gasteiger partial charge in [0.05, 0.1) is 0 Å². The van der Waals surface area contributed by atoms with E-state index in [4.69, 9.17) is 4.98 Å². The number of piperidine rings is 1. The molecule has 1 fully saturated rings. The molecule has 1 N–H and O–H groups in total. The fraction of sp³-hybridized carbons (Fsp3) is 0.409. The molecule has 0 bridgehead atoms. The second kappa shape index (κ2) is 9.99. The van der Waals surface area contributed by atoms with Crippen molar-refractivity contribution in [1.82, 2.24) is 19.8 Å². The van der Waals surface area contributed by atoms with Crippen molar-refractivity contribution in [2.24, 2.45) is 5.92 Å². The van der Waals surface area contributed by atoms with E-state index in [-0.39, 0.29) is 5.91 Å². The van der Waals surface area contributed by atoms with Crippen LogP contribution >= 0.6 is 0 Å². The summed E-state index contributed by atoms with van der Waals surface area (Å²) in [6.45, 7) is 2.42. The number of pyridine rings is 2. The molecule has 2 aromatic rings. The number of rotatable bonds is 7. The molecule has 3 heterocycles. The summed E-state index contributed by atoms with van der Waals surface area (Å²) in [5.41, 5.74) is 1.04. The molecule has 2 aromatic heterocycles. The van der Waals surface area contributed by atoms with E-state index in [0.29, 0.717) is 5.92 Å². The van der Waals surface area contributed by atoms with E-state index in [9.17, 15) is 4.79 Å². The molecular weight excluding hydrogens is 350 g/mol. The molecule has 0 spiro atoms. The molecule has 1 saturated heterocycles. The Morgan fingerprint density at radius 1 is 1.25 bits per heavy atom. The lowest BCUT2D eigenvalue weighted by Crippen LogP contribution is -2.39. The van der Waals surface area contributed by atoms with E-state index in [1.54, 1.807) is 12.3 Å². The van der Waals surface area contributed by atoms with Crippen molar-refractivity contribution in [3.8, 4) is 0 Å². The summed E-state index contributed by atoms with van der Waals surface area (Å²) < 4.78 is 0. The van der Waals surface area contributed by atoms with Crippen molar-refractivity contribution >= 4 is 17.5 Å². The Morgan fingerprint density at radius 3 is 2.89 bits per heavy atom. The zero-order valence-electron chi connectivity index (χ0n) is 16.7. The number of nitrogens with zero attached hydrogens (tertiary/aromatic N) is 4. The van der Waals surface area contributed by atoms with Crippen LogP contribution in [0.25, 0.3) is 0 Å². The molecule has 1 atom stereocenters. The van der Waals surface area contributed by atoms with Crippen LogP contribution in [0, 0.1) is 5.92 Å². The predicted molar refractivity (Wildman–Crippen MR) is 112 cm³/mol. The third-order valence-electron chi connectivity index (χ3n) is 4.79. The molecule has 6 heteroatoms. The molecule has 0 aliphatic carbocycles. The highest BCUT2D eigenvalue weighted by Gasteiger charge is 2.23. The van der Waals surface area contributed by atoms with Crippen molar-refractivity contribution in [3.05, 3.63) is 60.4 Å². The lowest BCUT2D eigenvalue weighted by molar-refractivity contribution is -0.127. The van der Waals surface area contributed by atoms with Crippen LogP contribution in [0.2, 0.25) is 0 Å². The lowest BCUT2D eigenvalue weighted by atomic mass is 9.93. The highest BCUT2D eigenvalue weighted by Crippen LogP contribution is 2.21. The molecule has 0 aromatic carbocycles. The van der Waals surface area contributed by atoms with Gasteiger partial charge in [0.1, 0.15) is 11.6 Å². The molecule has 3 rings (SSSR count). The monoisotopic (exact) mass is 379 g/mol. The summed E-state index contributed by atoms with van der Waals surface area (Å²) in [7, 11) is 3.99. The number of likely N-dealkylation sites (N-methyl/N-ethyl adjacent to an activating group) is 1. The van der Waals surface area contributed by atoms with Crippen molar-refractivity contribution in [2.45, 2.75) is 19.3 Å². The largest absolute Gasteiger partial charge is 0.339 e. The minimum absolute atomic E-state index is 0.116.